The third kappa shape index (κ3) is 5.42. The van der Waals surface area contributed by atoms with E-state index in [1.54, 1.807) is 0 Å². The summed E-state index contributed by atoms with van der Waals surface area (Å²) in [6.07, 6.45) is 3.15. The number of hydrogen-bond donors (Lipinski definition) is 3. The smallest absolute Gasteiger partial charge is 0.320 e. The Morgan fingerprint density at radius 3 is 2.56 bits per heavy atom. The molecule has 0 atom stereocenters. The Morgan fingerprint density at radius 2 is 1.88 bits per heavy atom. The molecule has 32 heavy (non-hydrogen) atoms. The molecular formula is C20H24BrF2N7O2. The molecule has 0 aliphatic heterocycles. The maximum atomic E-state index is 13.5. The average molecular weight is 512 g/mol. The Labute approximate surface area is 191 Å². The normalized spacial score (nSPS) is 11.1. The standard InChI is InChI=1S/C20H24BrF2N7O2/c1-2-3-8-32-20-28-16(25)15-17(29-20)30(19(21)27-15)7-5-4-6-26-18(31)11-9-12(22)14(24)13(23)10-11/h9-10H,2-8,24H2,1H3,(H,26,31)(H2,25,28,29). The van der Waals surface area contributed by atoms with Gasteiger partial charge in [-0.2, -0.15) is 9.97 Å². The van der Waals surface area contributed by atoms with Gasteiger partial charge >= 0.3 is 6.01 Å². The summed E-state index contributed by atoms with van der Waals surface area (Å²) in [6, 6.07) is 2.02. The Kier molecular flexibility index (Phi) is 7.78. The molecule has 3 aromatic rings. The number of anilines is 2. The minimum atomic E-state index is -0.966. The zero-order valence-electron chi connectivity index (χ0n) is 17.5. The third-order valence-corrected chi connectivity index (χ3v) is 5.32. The number of benzene rings is 1. The number of unbranched alkanes of at least 4 members (excludes halogenated alkanes) is 2. The summed E-state index contributed by atoms with van der Waals surface area (Å²) in [4.78, 5) is 25.0. The molecule has 12 heteroatoms. The third-order valence-electron chi connectivity index (χ3n) is 4.72. The summed E-state index contributed by atoms with van der Waals surface area (Å²) in [5.74, 6) is -2.28. The van der Waals surface area contributed by atoms with E-state index >= 15 is 0 Å². The summed E-state index contributed by atoms with van der Waals surface area (Å²) in [5, 5.41) is 2.64. The first-order valence-corrected chi connectivity index (χ1v) is 11.0. The van der Waals surface area contributed by atoms with Gasteiger partial charge in [-0.1, -0.05) is 13.3 Å². The van der Waals surface area contributed by atoms with Gasteiger partial charge in [-0.3, -0.25) is 4.79 Å². The molecule has 0 saturated carbocycles. The number of aryl methyl sites for hydroxylation is 1. The number of nitrogens with one attached hydrogen (secondary N) is 1. The highest BCUT2D eigenvalue weighted by Gasteiger charge is 2.16. The first-order valence-electron chi connectivity index (χ1n) is 10.2. The highest BCUT2D eigenvalue weighted by atomic mass is 79.9. The van der Waals surface area contributed by atoms with Crippen molar-refractivity contribution in [2.24, 2.45) is 0 Å². The molecule has 5 N–H and O–H groups in total. The van der Waals surface area contributed by atoms with Crippen LogP contribution in [-0.4, -0.2) is 38.6 Å². The van der Waals surface area contributed by atoms with Gasteiger partial charge in [0.2, 0.25) is 0 Å². The number of carbonyl (C=O) groups is 1. The second-order valence-corrected chi connectivity index (χ2v) is 7.82. The van der Waals surface area contributed by atoms with Crippen molar-refractivity contribution in [3.05, 3.63) is 34.1 Å². The highest BCUT2D eigenvalue weighted by molar-refractivity contribution is 9.10. The molecule has 0 aliphatic carbocycles. The number of aromatic nitrogens is 4. The number of carbonyl (C=O) groups excluding carboxylic acids is 1. The molecule has 0 aliphatic rings. The van der Waals surface area contributed by atoms with Gasteiger partial charge < -0.3 is 26.1 Å². The number of ether oxygens (including phenoxy) is 1. The minimum Gasteiger partial charge on any atom is -0.463 e. The zero-order chi connectivity index (χ0) is 23.3. The molecule has 0 fully saturated rings. The first-order chi connectivity index (χ1) is 15.3. The molecule has 1 aromatic carbocycles. The van der Waals surface area contributed by atoms with E-state index in [9.17, 15) is 13.6 Å². The summed E-state index contributed by atoms with van der Waals surface area (Å²) in [7, 11) is 0. The van der Waals surface area contributed by atoms with Gasteiger partial charge in [0.1, 0.15) is 17.3 Å². The molecule has 0 spiro atoms. The Hall–Kier alpha value is -3.02. The molecule has 2 aromatic heterocycles. The number of halogens is 3. The molecule has 0 saturated heterocycles. The molecule has 172 valence electrons. The van der Waals surface area contributed by atoms with Crippen LogP contribution in [0.2, 0.25) is 0 Å². The summed E-state index contributed by atoms with van der Waals surface area (Å²) < 4.78 is 35.0. The number of nitrogens with zero attached hydrogens (tertiary/aromatic N) is 4. The highest BCUT2D eigenvalue weighted by Crippen LogP contribution is 2.25. The Balaban J connectivity index is 1.58. The van der Waals surface area contributed by atoms with Crippen LogP contribution in [0.1, 0.15) is 43.0 Å². The van der Waals surface area contributed by atoms with Crippen molar-refractivity contribution in [1.29, 1.82) is 0 Å². The van der Waals surface area contributed by atoms with Gasteiger partial charge in [0, 0.05) is 18.7 Å². The lowest BCUT2D eigenvalue weighted by molar-refractivity contribution is 0.0952. The quantitative estimate of drug-likeness (QED) is 0.215. The lowest BCUT2D eigenvalue weighted by Gasteiger charge is -2.09. The number of nitrogen functional groups attached to an aromatic ring is 2. The maximum Gasteiger partial charge on any atom is 0.320 e. The topological polar surface area (TPSA) is 134 Å². The molecule has 0 unspecified atom stereocenters. The van der Waals surface area contributed by atoms with Crippen LogP contribution in [0.3, 0.4) is 0 Å². The number of fused-ring (bicyclic) bond motifs is 1. The van der Waals surface area contributed by atoms with Crippen LogP contribution >= 0.6 is 15.9 Å². The number of hydrogen-bond acceptors (Lipinski definition) is 7. The van der Waals surface area contributed by atoms with Crippen LogP contribution in [-0.2, 0) is 6.54 Å². The van der Waals surface area contributed by atoms with Crippen molar-refractivity contribution >= 4 is 44.5 Å². The van der Waals surface area contributed by atoms with Crippen molar-refractivity contribution in [1.82, 2.24) is 24.8 Å². The molecule has 9 nitrogen and oxygen atoms in total. The number of rotatable bonds is 10. The van der Waals surface area contributed by atoms with Crippen LogP contribution in [0.5, 0.6) is 6.01 Å². The van der Waals surface area contributed by atoms with Gasteiger partial charge in [0.05, 0.1) is 6.61 Å². The SMILES string of the molecule is CCCCOc1nc(N)c2nc(Br)n(CCCCNC(=O)c3cc(F)c(N)c(F)c3)c2n1. The van der Waals surface area contributed by atoms with Crippen LogP contribution in [0, 0.1) is 11.6 Å². The number of nitrogens with two attached hydrogens (primary N) is 2. The van der Waals surface area contributed by atoms with E-state index in [4.69, 9.17) is 16.2 Å². The van der Waals surface area contributed by atoms with Gasteiger partial charge in [-0.05, 0) is 47.3 Å². The fraction of sp³-hybridized carbons (Fsp3) is 0.400. The largest absolute Gasteiger partial charge is 0.463 e. The van der Waals surface area contributed by atoms with E-state index in [2.05, 4.69) is 43.1 Å². The second kappa shape index (κ2) is 10.5. The Bertz CT molecular complexity index is 1100. The van der Waals surface area contributed by atoms with Crippen molar-refractivity contribution in [3.63, 3.8) is 0 Å². The molecule has 3 rings (SSSR count). The van der Waals surface area contributed by atoms with Crippen molar-refractivity contribution in [2.75, 3.05) is 24.6 Å². The van der Waals surface area contributed by atoms with Gasteiger partial charge in [0.15, 0.2) is 21.7 Å². The summed E-state index contributed by atoms with van der Waals surface area (Å²) in [6.45, 7) is 3.42. The van der Waals surface area contributed by atoms with E-state index in [-0.39, 0.29) is 17.4 Å². The monoisotopic (exact) mass is 511 g/mol. The minimum absolute atomic E-state index is 0.125. The van der Waals surface area contributed by atoms with Crippen LogP contribution in [0.4, 0.5) is 20.3 Å². The van der Waals surface area contributed by atoms with E-state index < -0.39 is 23.2 Å². The lowest BCUT2D eigenvalue weighted by Crippen LogP contribution is -2.25. The maximum absolute atomic E-state index is 13.5. The first kappa shape index (κ1) is 23.6. The molecule has 0 radical (unpaired) electrons. The van der Waals surface area contributed by atoms with Gasteiger partial charge in [0.25, 0.3) is 5.91 Å². The van der Waals surface area contributed by atoms with Gasteiger partial charge in [-0.25, -0.2) is 13.8 Å². The van der Waals surface area contributed by atoms with Crippen LogP contribution in [0.15, 0.2) is 16.9 Å². The molecular weight excluding hydrogens is 488 g/mol. The average Bonchev–Trinajstić information content (AvgIpc) is 3.07. The van der Waals surface area contributed by atoms with Crippen molar-refractivity contribution in [3.8, 4) is 6.01 Å². The van der Waals surface area contributed by atoms with Crippen molar-refractivity contribution in [2.45, 2.75) is 39.2 Å². The van der Waals surface area contributed by atoms with E-state index in [0.29, 0.717) is 48.4 Å². The van der Waals surface area contributed by atoms with Crippen LogP contribution < -0.4 is 21.5 Å². The van der Waals surface area contributed by atoms with E-state index in [1.165, 1.54) is 0 Å². The second-order valence-electron chi connectivity index (χ2n) is 7.11. The van der Waals surface area contributed by atoms with E-state index in [1.807, 2.05) is 4.57 Å². The lowest BCUT2D eigenvalue weighted by atomic mass is 10.1. The summed E-state index contributed by atoms with van der Waals surface area (Å²) in [5.41, 5.74) is 11.5. The molecule has 1 amide bonds. The summed E-state index contributed by atoms with van der Waals surface area (Å²) >= 11 is 3.41. The zero-order valence-corrected chi connectivity index (χ0v) is 19.1. The number of imidazole rings is 1. The van der Waals surface area contributed by atoms with Crippen molar-refractivity contribution < 1.29 is 18.3 Å². The predicted molar refractivity (Wildman–Crippen MR) is 120 cm³/mol. The fourth-order valence-electron chi connectivity index (χ4n) is 2.96. The predicted octanol–water partition coefficient (Wildman–Crippen LogP) is 3.42. The van der Waals surface area contributed by atoms with Crippen LogP contribution in [0.25, 0.3) is 11.2 Å². The molecule has 0 bridgehead atoms. The van der Waals surface area contributed by atoms with E-state index in [0.717, 1.165) is 25.0 Å². The number of amides is 1. The van der Waals surface area contributed by atoms with Gasteiger partial charge in [-0.15, -0.1) is 0 Å². The Morgan fingerprint density at radius 1 is 1.16 bits per heavy atom. The molecule has 2 heterocycles. The fourth-order valence-corrected chi connectivity index (χ4v) is 3.48.